The Kier molecular flexibility index (Phi) is 5.82. The summed E-state index contributed by atoms with van der Waals surface area (Å²) in [5.41, 5.74) is 1.17. The molecule has 106 valence electrons. The fraction of sp³-hybridized carbons (Fsp3) is 0.308. The molecule has 1 aromatic carbocycles. The predicted octanol–water partition coefficient (Wildman–Crippen LogP) is 4.22. The van der Waals surface area contributed by atoms with Gasteiger partial charge in [0.25, 0.3) is 0 Å². The van der Waals surface area contributed by atoms with Crippen molar-refractivity contribution in [2.75, 3.05) is 5.32 Å². The van der Waals surface area contributed by atoms with E-state index in [1.54, 1.807) is 11.8 Å². The van der Waals surface area contributed by atoms with Gasteiger partial charge < -0.3 is 5.32 Å². The number of halogens is 1. The Labute approximate surface area is 130 Å². The van der Waals surface area contributed by atoms with Crippen LogP contribution < -0.4 is 5.32 Å². The number of anilines is 1. The van der Waals surface area contributed by atoms with Gasteiger partial charge in [0.15, 0.2) is 4.34 Å². The molecule has 7 heteroatoms. The maximum atomic E-state index is 11.4. The van der Waals surface area contributed by atoms with Gasteiger partial charge in [-0.2, -0.15) is 0 Å². The first-order valence-corrected chi connectivity index (χ1v) is 8.36. The molecule has 0 bridgehead atoms. The highest BCUT2D eigenvalue weighted by molar-refractivity contribution is 8.00. The predicted molar refractivity (Wildman–Crippen MR) is 84.5 cm³/mol. The van der Waals surface area contributed by atoms with Gasteiger partial charge in [0.2, 0.25) is 11.0 Å². The third kappa shape index (κ3) is 4.77. The highest BCUT2D eigenvalue weighted by Crippen LogP contribution is 2.28. The second-order valence-electron chi connectivity index (χ2n) is 4.09. The monoisotopic (exact) mass is 327 g/mol. The Bertz CT molecular complexity index is 571. The Morgan fingerprint density at radius 1 is 1.35 bits per heavy atom. The minimum atomic E-state index is -0.0158. The molecule has 1 amide bonds. The van der Waals surface area contributed by atoms with Crippen molar-refractivity contribution in [2.24, 2.45) is 0 Å². The Morgan fingerprint density at radius 2 is 2.10 bits per heavy atom. The van der Waals surface area contributed by atoms with E-state index in [0.717, 1.165) is 21.5 Å². The van der Waals surface area contributed by atoms with Crippen molar-refractivity contribution in [2.45, 2.75) is 29.9 Å². The molecule has 0 aliphatic carbocycles. The zero-order valence-electron chi connectivity index (χ0n) is 10.9. The van der Waals surface area contributed by atoms with Gasteiger partial charge in [0.1, 0.15) is 0 Å². The standard InChI is InChI=1S/C13H14ClN3OS2/c1-2-3-11(18)15-12-16-17-13(20-12)19-8-9-4-6-10(14)7-5-9/h4-7H,2-3,8H2,1H3,(H,15,16,18). The maximum Gasteiger partial charge on any atom is 0.226 e. The zero-order chi connectivity index (χ0) is 14.4. The average molecular weight is 328 g/mol. The molecule has 0 fully saturated rings. The lowest BCUT2D eigenvalue weighted by molar-refractivity contribution is -0.116. The molecule has 0 radical (unpaired) electrons. The summed E-state index contributed by atoms with van der Waals surface area (Å²) < 4.78 is 0.840. The molecular formula is C13H14ClN3OS2. The second kappa shape index (κ2) is 7.61. The summed E-state index contributed by atoms with van der Waals surface area (Å²) in [5.74, 6) is 0.784. The van der Waals surface area contributed by atoms with Gasteiger partial charge in [-0.3, -0.25) is 4.79 Å². The molecule has 2 aromatic rings. The molecular weight excluding hydrogens is 314 g/mol. The van der Waals surface area contributed by atoms with Crippen LogP contribution in [-0.4, -0.2) is 16.1 Å². The fourth-order valence-electron chi connectivity index (χ4n) is 1.45. The Balaban J connectivity index is 1.86. The molecule has 0 aliphatic heterocycles. The van der Waals surface area contributed by atoms with E-state index in [-0.39, 0.29) is 5.91 Å². The quantitative estimate of drug-likeness (QED) is 0.637. The summed E-state index contributed by atoms with van der Waals surface area (Å²) in [6.45, 7) is 1.97. The maximum absolute atomic E-state index is 11.4. The number of rotatable bonds is 6. The number of nitrogens with zero attached hydrogens (tertiary/aromatic N) is 2. The van der Waals surface area contributed by atoms with Crippen LogP contribution in [0.4, 0.5) is 5.13 Å². The number of hydrogen-bond donors (Lipinski definition) is 1. The van der Waals surface area contributed by atoms with Crippen LogP contribution in [0, 0.1) is 0 Å². The van der Waals surface area contributed by atoms with E-state index in [0.29, 0.717) is 11.6 Å². The summed E-state index contributed by atoms with van der Waals surface area (Å²) >= 11 is 8.82. The number of benzene rings is 1. The van der Waals surface area contributed by atoms with Crippen LogP contribution >= 0.6 is 34.7 Å². The summed E-state index contributed by atoms with van der Waals surface area (Å²) in [7, 11) is 0. The Morgan fingerprint density at radius 3 is 2.80 bits per heavy atom. The van der Waals surface area contributed by atoms with Crippen molar-refractivity contribution >= 4 is 45.7 Å². The van der Waals surface area contributed by atoms with E-state index in [4.69, 9.17) is 11.6 Å². The van der Waals surface area contributed by atoms with E-state index < -0.39 is 0 Å². The zero-order valence-corrected chi connectivity index (χ0v) is 13.3. The van der Waals surface area contributed by atoms with Crippen LogP contribution in [-0.2, 0) is 10.5 Å². The van der Waals surface area contributed by atoms with Gasteiger partial charge in [-0.05, 0) is 24.1 Å². The van der Waals surface area contributed by atoms with Crippen molar-refractivity contribution in [1.29, 1.82) is 0 Å². The van der Waals surface area contributed by atoms with Gasteiger partial charge in [-0.15, -0.1) is 10.2 Å². The van der Waals surface area contributed by atoms with Crippen molar-refractivity contribution in [3.63, 3.8) is 0 Å². The molecule has 1 aromatic heterocycles. The molecule has 0 unspecified atom stereocenters. The van der Waals surface area contributed by atoms with Gasteiger partial charge in [0.05, 0.1) is 0 Å². The van der Waals surface area contributed by atoms with E-state index in [1.807, 2.05) is 31.2 Å². The molecule has 0 aliphatic rings. The third-order valence-corrected chi connectivity index (χ3v) is 4.70. The molecule has 20 heavy (non-hydrogen) atoms. The third-order valence-electron chi connectivity index (χ3n) is 2.41. The van der Waals surface area contributed by atoms with Crippen molar-refractivity contribution in [1.82, 2.24) is 10.2 Å². The van der Waals surface area contributed by atoms with Crippen LogP contribution in [0.5, 0.6) is 0 Å². The van der Waals surface area contributed by atoms with Gasteiger partial charge >= 0.3 is 0 Å². The lowest BCUT2D eigenvalue weighted by Crippen LogP contribution is -2.10. The number of aromatic nitrogens is 2. The first-order valence-electron chi connectivity index (χ1n) is 6.18. The van der Waals surface area contributed by atoms with Crippen molar-refractivity contribution in [3.8, 4) is 0 Å². The summed E-state index contributed by atoms with van der Waals surface area (Å²) in [6.07, 6.45) is 1.33. The SMILES string of the molecule is CCCC(=O)Nc1nnc(SCc2ccc(Cl)cc2)s1. The minimum Gasteiger partial charge on any atom is -0.301 e. The van der Waals surface area contributed by atoms with Crippen LogP contribution in [0.3, 0.4) is 0 Å². The molecule has 2 rings (SSSR count). The van der Waals surface area contributed by atoms with Crippen molar-refractivity contribution in [3.05, 3.63) is 34.9 Å². The van der Waals surface area contributed by atoms with Crippen LogP contribution in [0.1, 0.15) is 25.3 Å². The van der Waals surface area contributed by atoms with E-state index in [1.165, 1.54) is 16.9 Å². The van der Waals surface area contributed by atoms with Crippen LogP contribution in [0.2, 0.25) is 5.02 Å². The van der Waals surface area contributed by atoms with Gasteiger partial charge in [-0.1, -0.05) is 53.8 Å². The number of carbonyl (C=O) groups excluding carboxylic acids is 1. The van der Waals surface area contributed by atoms with Crippen LogP contribution in [0.15, 0.2) is 28.6 Å². The number of carbonyl (C=O) groups is 1. The van der Waals surface area contributed by atoms with Crippen molar-refractivity contribution < 1.29 is 4.79 Å². The number of hydrogen-bond acceptors (Lipinski definition) is 5. The van der Waals surface area contributed by atoms with E-state index in [9.17, 15) is 4.79 Å². The summed E-state index contributed by atoms with van der Waals surface area (Å²) in [4.78, 5) is 11.4. The minimum absolute atomic E-state index is 0.0158. The lowest BCUT2D eigenvalue weighted by Gasteiger charge is -1.98. The largest absolute Gasteiger partial charge is 0.301 e. The summed E-state index contributed by atoms with van der Waals surface area (Å²) in [6, 6.07) is 7.71. The first-order chi connectivity index (χ1) is 9.67. The van der Waals surface area contributed by atoms with E-state index >= 15 is 0 Å². The molecule has 0 saturated heterocycles. The normalized spacial score (nSPS) is 10.5. The molecule has 0 saturated carbocycles. The van der Waals surface area contributed by atoms with E-state index in [2.05, 4.69) is 15.5 Å². The molecule has 0 atom stereocenters. The average Bonchev–Trinajstić information content (AvgIpc) is 2.86. The number of amides is 1. The highest BCUT2D eigenvalue weighted by Gasteiger charge is 2.08. The number of nitrogens with one attached hydrogen (secondary N) is 1. The van der Waals surface area contributed by atoms with Gasteiger partial charge in [0, 0.05) is 17.2 Å². The number of thioether (sulfide) groups is 1. The fourth-order valence-corrected chi connectivity index (χ4v) is 3.30. The molecule has 1 N–H and O–H groups in total. The van der Waals surface area contributed by atoms with Gasteiger partial charge in [-0.25, -0.2) is 0 Å². The summed E-state index contributed by atoms with van der Waals surface area (Å²) in [5, 5.41) is 12.0. The Hall–Kier alpha value is -1.11. The molecule has 1 heterocycles. The van der Waals surface area contributed by atoms with Crippen LogP contribution in [0.25, 0.3) is 0 Å². The smallest absolute Gasteiger partial charge is 0.226 e. The topological polar surface area (TPSA) is 54.9 Å². The molecule has 4 nitrogen and oxygen atoms in total. The first kappa shape index (κ1) is 15.3. The highest BCUT2D eigenvalue weighted by atomic mass is 35.5. The molecule has 0 spiro atoms. The lowest BCUT2D eigenvalue weighted by atomic mass is 10.2. The second-order valence-corrected chi connectivity index (χ2v) is 6.72.